The molecular formula is C56H74N4O9. The van der Waals surface area contributed by atoms with E-state index in [-0.39, 0.29) is 37.4 Å². The Morgan fingerprint density at radius 3 is 2.55 bits per heavy atom. The Hall–Kier alpha value is -4.86. The van der Waals surface area contributed by atoms with Gasteiger partial charge >= 0.3 is 0 Å². The first-order chi connectivity index (χ1) is 33.4. The Morgan fingerprint density at radius 1 is 0.928 bits per heavy atom. The number of nitrogens with one attached hydrogen (secondary N) is 4. The van der Waals surface area contributed by atoms with Crippen LogP contribution in [0.3, 0.4) is 0 Å². The first-order valence-electron chi connectivity index (χ1n) is 25.4. The lowest BCUT2D eigenvalue weighted by Gasteiger charge is -2.48. The molecule has 3 heterocycles. The fraction of sp³-hybridized carbons (Fsp3) is 0.536. The fourth-order valence-corrected chi connectivity index (χ4v) is 11.9. The lowest BCUT2D eigenvalue weighted by molar-refractivity contribution is -0.132. The third-order valence-corrected chi connectivity index (χ3v) is 15.1. The van der Waals surface area contributed by atoms with E-state index >= 15 is 0 Å². The van der Waals surface area contributed by atoms with Crippen molar-refractivity contribution in [1.82, 2.24) is 20.9 Å². The summed E-state index contributed by atoms with van der Waals surface area (Å²) >= 11 is 0. The molecule has 372 valence electrons. The molecule has 13 nitrogen and oxygen atoms in total. The summed E-state index contributed by atoms with van der Waals surface area (Å²) in [7, 11) is 1.55. The lowest BCUT2D eigenvalue weighted by atomic mass is 9.70. The van der Waals surface area contributed by atoms with Crippen LogP contribution in [-0.2, 0) is 36.8 Å². The summed E-state index contributed by atoms with van der Waals surface area (Å²) in [5.41, 5.74) is 7.89. The summed E-state index contributed by atoms with van der Waals surface area (Å²) in [6.45, 7) is 7.40. The summed E-state index contributed by atoms with van der Waals surface area (Å²) in [5, 5.41) is 66.3. The van der Waals surface area contributed by atoms with Gasteiger partial charge < -0.3 is 60.1 Å². The maximum absolute atomic E-state index is 11.5. The van der Waals surface area contributed by atoms with Gasteiger partial charge in [-0.05, 0) is 158 Å². The Labute approximate surface area is 406 Å². The summed E-state index contributed by atoms with van der Waals surface area (Å²) in [4.78, 5) is 3.32. The number of aryl methyl sites for hydroxylation is 1. The molecule has 5 atom stereocenters. The number of ether oxygens (including phenoxy) is 4. The molecule has 1 saturated carbocycles. The predicted molar refractivity (Wildman–Crippen MR) is 269 cm³/mol. The van der Waals surface area contributed by atoms with Gasteiger partial charge in [-0.15, -0.1) is 0 Å². The minimum Gasteiger partial charge on any atom is -0.508 e. The molecule has 1 aromatic heterocycles. The van der Waals surface area contributed by atoms with E-state index in [1.807, 2.05) is 37.4 Å². The van der Waals surface area contributed by atoms with Crippen molar-refractivity contribution in [3.8, 4) is 39.9 Å². The topological polar surface area (TPSA) is 190 Å². The van der Waals surface area contributed by atoms with Gasteiger partial charge in [0.05, 0.1) is 26.0 Å². The van der Waals surface area contributed by atoms with E-state index in [4.69, 9.17) is 18.9 Å². The van der Waals surface area contributed by atoms with Crippen molar-refractivity contribution in [2.24, 2.45) is 5.92 Å². The van der Waals surface area contributed by atoms with E-state index in [0.717, 1.165) is 74.9 Å². The number of hydrogen-bond donors (Lipinski definition) is 9. The number of aliphatic hydroxyl groups is 3. The minimum atomic E-state index is -1.04. The highest BCUT2D eigenvalue weighted by Crippen LogP contribution is 2.58. The van der Waals surface area contributed by atoms with Crippen LogP contribution in [-0.4, -0.2) is 101 Å². The van der Waals surface area contributed by atoms with Crippen molar-refractivity contribution in [3.63, 3.8) is 0 Å². The van der Waals surface area contributed by atoms with Crippen LogP contribution in [0.2, 0.25) is 0 Å². The smallest absolute Gasteiger partial charge is 0.161 e. The molecule has 4 aromatic carbocycles. The van der Waals surface area contributed by atoms with Crippen LogP contribution < -0.4 is 30.2 Å². The molecule has 9 rings (SSSR count). The van der Waals surface area contributed by atoms with Crippen LogP contribution in [0.15, 0.2) is 60.8 Å². The summed E-state index contributed by atoms with van der Waals surface area (Å²) in [6.07, 6.45) is 11.2. The largest absolute Gasteiger partial charge is 0.508 e. The minimum absolute atomic E-state index is 0.00669. The number of fused-ring (bicyclic) bond motifs is 9. The number of rotatable bonds is 20. The number of H-pyrrole nitrogens is 1. The van der Waals surface area contributed by atoms with Crippen LogP contribution >= 0.6 is 0 Å². The van der Waals surface area contributed by atoms with Crippen molar-refractivity contribution < 1.29 is 44.5 Å². The molecule has 13 heteroatoms. The number of hydrogen-bond acceptors (Lipinski definition) is 12. The summed E-state index contributed by atoms with van der Waals surface area (Å²) in [5.74, 6) is 2.36. The fourth-order valence-electron chi connectivity index (χ4n) is 11.9. The first kappa shape index (κ1) is 49.1. The SMILES string of the molecule is COc1cc([C@H]2Oc3c(c4c(c5c3CC[C@H](CO)O5)-c3ccc(O)cc3[C@@H](Cc3ccc5[nH]ccc5c3)C4)C[C@@]2(CNCNC[C@@](C)(O)CC(C)C)OCNC2CCCCC2)cc(CCCO)c1O. The van der Waals surface area contributed by atoms with Crippen LogP contribution in [0.4, 0.5) is 0 Å². The second kappa shape index (κ2) is 21.2. The first-order valence-corrected chi connectivity index (χ1v) is 25.4. The Balaban J connectivity index is 1.20. The highest BCUT2D eigenvalue weighted by Gasteiger charge is 2.50. The summed E-state index contributed by atoms with van der Waals surface area (Å²) < 4.78 is 27.7. The van der Waals surface area contributed by atoms with E-state index < -0.39 is 23.4 Å². The molecule has 9 N–H and O–H groups in total. The molecule has 0 bridgehead atoms. The van der Waals surface area contributed by atoms with Gasteiger partial charge in [-0.25, -0.2) is 0 Å². The predicted octanol–water partition coefficient (Wildman–Crippen LogP) is 7.99. The van der Waals surface area contributed by atoms with Gasteiger partial charge in [-0.2, -0.15) is 0 Å². The van der Waals surface area contributed by atoms with Crippen molar-refractivity contribution in [1.29, 1.82) is 0 Å². The van der Waals surface area contributed by atoms with Gasteiger partial charge in [0.15, 0.2) is 17.6 Å². The Kier molecular flexibility index (Phi) is 15.1. The number of benzene rings is 4. The molecule has 0 radical (unpaired) electrons. The Bertz CT molecular complexity index is 2570. The molecule has 2 aliphatic heterocycles. The van der Waals surface area contributed by atoms with E-state index in [1.165, 1.54) is 24.8 Å². The average molecular weight is 947 g/mol. The number of phenolic OH excluding ortho intramolecular Hbond substituents is 2. The van der Waals surface area contributed by atoms with Crippen LogP contribution in [0.5, 0.6) is 28.7 Å². The molecule has 0 spiro atoms. The maximum Gasteiger partial charge on any atom is 0.161 e. The molecule has 1 fully saturated rings. The summed E-state index contributed by atoms with van der Waals surface area (Å²) in [6, 6.07) is 18.5. The number of methoxy groups -OCH3 is 1. The molecule has 5 aromatic rings. The van der Waals surface area contributed by atoms with E-state index in [1.54, 1.807) is 13.2 Å². The van der Waals surface area contributed by atoms with Gasteiger partial charge in [0.2, 0.25) is 0 Å². The normalized spacial score (nSPS) is 22.0. The van der Waals surface area contributed by atoms with Crippen molar-refractivity contribution in [2.45, 2.75) is 140 Å². The van der Waals surface area contributed by atoms with Gasteiger partial charge in [-0.3, -0.25) is 5.32 Å². The zero-order valence-electron chi connectivity index (χ0n) is 41.0. The van der Waals surface area contributed by atoms with Crippen molar-refractivity contribution in [2.75, 3.05) is 46.8 Å². The average Bonchev–Trinajstić information content (AvgIpc) is 3.81. The number of aromatic amines is 1. The van der Waals surface area contributed by atoms with Gasteiger partial charge in [-0.1, -0.05) is 45.2 Å². The van der Waals surface area contributed by atoms with E-state index in [0.29, 0.717) is 93.7 Å². The number of aliphatic hydroxyl groups excluding tert-OH is 2. The molecule has 4 aliphatic rings. The zero-order chi connectivity index (χ0) is 48.3. The molecule has 2 aliphatic carbocycles. The van der Waals surface area contributed by atoms with Crippen molar-refractivity contribution >= 4 is 10.9 Å². The Morgan fingerprint density at radius 2 is 1.77 bits per heavy atom. The third-order valence-electron chi connectivity index (χ3n) is 15.1. The monoisotopic (exact) mass is 947 g/mol. The van der Waals surface area contributed by atoms with Crippen molar-refractivity contribution in [3.05, 3.63) is 99.7 Å². The lowest BCUT2D eigenvalue weighted by Crippen LogP contribution is -2.56. The highest BCUT2D eigenvalue weighted by molar-refractivity contribution is 5.85. The van der Waals surface area contributed by atoms with E-state index in [9.17, 15) is 25.5 Å². The highest BCUT2D eigenvalue weighted by atomic mass is 16.6. The molecule has 69 heavy (non-hydrogen) atoms. The standard InChI is InChI=1S/C56H74N4O9/c1-34(2)27-55(3,65)30-57-32-58-31-56(67-33-60-40-10-6-5-7-11-40)28-47-46-24-38(22-35-12-17-48-36(21-35)18-19-59-48)45-26-41(63)13-15-43(45)50(46)53-44(16-14-42(29-62)68-53)52(47)69-54(56)39-23-37(9-8-20-61)51(64)49(25-39)66-4/h12-13,15,17-19,21,23,25-26,34,38,40,42,54,57-65H,5-11,14,16,20,22,24,27-33H2,1-4H3/t38-,42+,54+,55-,56-/m0/s1. The van der Waals surface area contributed by atoms with Gasteiger partial charge in [0.25, 0.3) is 0 Å². The van der Waals surface area contributed by atoms with E-state index in [2.05, 4.69) is 59.0 Å². The molecule has 0 amide bonds. The molecular weight excluding hydrogens is 873 g/mol. The van der Waals surface area contributed by atoms with Crippen LogP contribution in [0, 0.1) is 5.92 Å². The molecule has 0 saturated heterocycles. The van der Waals surface area contributed by atoms with Crippen LogP contribution in [0.1, 0.15) is 123 Å². The number of aromatic hydroxyl groups is 2. The number of aromatic nitrogens is 1. The van der Waals surface area contributed by atoms with Gasteiger partial charge in [0.1, 0.15) is 29.0 Å². The number of phenols is 2. The third kappa shape index (κ3) is 10.6. The maximum atomic E-state index is 11.5. The second-order valence-corrected chi connectivity index (χ2v) is 21.0. The van der Waals surface area contributed by atoms with Gasteiger partial charge in [0, 0.05) is 67.2 Å². The second-order valence-electron chi connectivity index (χ2n) is 21.0. The van der Waals surface area contributed by atoms with Crippen LogP contribution in [0.25, 0.3) is 22.0 Å². The quantitative estimate of drug-likeness (QED) is 0.0271. The zero-order valence-corrected chi connectivity index (χ0v) is 41.0. The molecule has 0 unspecified atom stereocenters.